The first-order valence-corrected chi connectivity index (χ1v) is 7.67. The maximum atomic E-state index is 13.3. The zero-order valence-corrected chi connectivity index (χ0v) is 12.8. The highest BCUT2D eigenvalue weighted by Gasteiger charge is 2.22. The minimum atomic E-state index is -0.276. The van der Waals surface area contributed by atoms with Crippen molar-refractivity contribution in [2.24, 2.45) is 0 Å². The van der Waals surface area contributed by atoms with Gasteiger partial charge >= 0.3 is 0 Å². The highest BCUT2D eigenvalue weighted by atomic mass is 19.1. The van der Waals surface area contributed by atoms with Crippen molar-refractivity contribution >= 4 is 0 Å². The number of halogens is 1. The summed E-state index contributed by atoms with van der Waals surface area (Å²) in [5.74, 6) is 0.630. The zero-order valence-electron chi connectivity index (χ0n) is 12.8. The Bertz CT molecular complexity index is 829. The van der Waals surface area contributed by atoms with Gasteiger partial charge in [0.1, 0.15) is 17.6 Å². The average Bonchev–Trinajstić information content (AvgIpc) is 3.13. The highest BCUT2D eigenvalue weighted by Crippen LogP contribution is 2.23. The maximum Gasteiger partial charge on any atom is 0.246 e. The lowest BCUT2D eigenvalue weighted by atomic mass is 10.1. The van der Waals surface area contributed by atoms with E-state index in [1.165, 1.54) is 12.1 Å². The molecule has 0 spiro atoms. The van der Waals surface area contributed by atoms with Crippen molar-refractivity contribution in [2.75, 3.05) is 19.8 Å². The van der Waals surface area contributed by atoms with Crippen LogP contribution in [0.4, 0.5) is 4.39 Å². The van der Waals surface area contributed by atoms with E-state index < -0.39 is 0 Å². The van der Waals surface area contributed by atoms with Crippen LogP contribution in [0.25, 0.3) is 22.6 Å². The van der Waals surface area contributed by atoms with Crippen LogP contribution in [-0.4, -0.2) is 34.9 Å². The number of pyridine rings is 1. The third-order valence-electron chi connectivity index (χ3n) is 3.81. The predicted molar refractivity (Wildman–Crippen MR) is 84.5 cm³/mol. The summed E-state index contributed by atoms with van der Waals surface area (Å²) < 4.78 is 24.0. The van der Waals surface area contributed by atoms with Gasteiger partial charge < -0.3 is 14.6 Å². The Labute approximate surface area is 137 Å². The molecular weight excluding hydrogens is 311 g/mol. The Kier molecular flexibility index (Phi) is 4.02. The summed E-state index contributed by atoms with van der Waals surface area (Å²) in [5, 5.41) is 7.23. The van der Waals surface area contributed by atoms with Gasteiger partial charge in [0.25, 0.3) is 0 Å². The number of morpholine rings is 1. The van der Waals surface area contributed by atoms with Gasteiger partial charge in [-0.15, -0.1) is 0 Å². The molecule has 1 saturated heterocycles. The van der Waals surface area contributed by atoms with Crippen LogP contribution in [0.2, 0.25) is 0 Å². The number of hydrogen-bond donors (Lipinski definition) is 1. The number of rotatable bonds is 3. The Morgan fingerprint density at radius 1 is 1.17 bits per heavy atom. The summed E-state index contributed by atoms with van der Waals surface area (Å²) in [6.45, 7) is 1.94. The molecule has 1 fully saturated rings. The molecule has 1 aliphatic rings. The van der Waals surface area contributed by atoms with E-state index in [1.54, 1.807) is 18.3 Å². The molecule has 1 unspecified atom stereocenters. The molecule has 24 heavy (non-hydrogen) atoms. The molecular formula is C17H15FN4O2. The number of nitrogens with one attached hydrogen (secondary N) is 1. The lowest BCUT2D eigenvalue weighted by Gasteiger charge is -2.20. The van der Waals surface area contributed by atoms with Gasteiger partial charge in [-0.2, -0.15) is 4.98 Å². The predicted octanol–water partition coefficient (Wildman–Crippen LogP) is 2.60. The van der Waals surface area contributed by atoms with Crippen LogP contribution in [0.3, 0.4) is 0 Å². The third kappa shape index (κ3) is 3.04. The van der Waals surface area contributed by atoms with Gasteiger partial charge in [0.05, 0.1) is 13.2 Å². The fraction of sp³-hybridized carbons (Fsp3) is 0.235. The lowest BCUT2D eigenvalue weighted by molar-refractivity contribution is 0.0659. The SMILES string of the molecule is Fc1cccc(-c2ccc(-c3noc(C4COCCN4)n3)nc2)c1. The van der Waals surface area contributed by atoms with E-state index >= 15 is 0 Å². The van der Waals surface area contributed by atoms with E-state index in [4.69, 9.17) is 9.26 Å². The maximum absolute atomic E-state index is 13.3. The molecule has 1 N–H and O–H groups in total. The molecule has 1 aromatic carbocycles. The minimum absolute atomic E-state index is 0.0911. The molecule has 6 nitrogen and oxygen atoms in total. The number of benzene rings is 1. The first-order chi connectivity index (χ1) is 11.8. The Hall–Kier alpha value is -2.64. The summed E-state index contributed by atoms with van der Waals surface area (Å²) in [4.78, 5) is 8.73. The third-order valence-corrected chi connectivity index (χ3v) is 3.81. The summed E-state index contributed by atoms with van der Waals surface area (Å²) >= 11 is 0. The van der Waals surface area contributed by atoms with Crippen molar-refractivity contribution in [1.29, 1.82) is 0 Å². The van der Waals surface area contributed by atoms with E-state index in [2.05, 4.69) is 20.4 Å². The number of nitrogens with zero attached hydrogens (tertiary/aromatic N) is 3. The summed E-state index contributed by atoms with van der Waals surface area (Å²) in [6.07, 6.45) is 1.67. The second-order valence-corrected chi connectivity index (χ2v) is 5.48. The summed E-state index contributed by atoms with van der Waals surface area (Å²) in [6, 6.07) is 9.94. The van der Waals surface area contributed by atoms with Gasteiger partial charge in [0.2, 0.25) is 11.7 Å². The monoisotopic (exact) mass is 326 g/mol. The fourth-order valence-corrected chi connectivity index (χ4v) is 2.57. The van der Waals surface area contributed by atoms with Crippen molar-refractivity contribution < 1.29 is 13.7 Å². The fourth-order valence-electron chi connectivity index (χ4n) is 2.57. The molecule has 0 amide bonds. The molecule has 2 aromatic heterocycles. The number of aromatic nitrogens is 3. The molecule has 0 aliphatic carbocycles. The molecule has 7 heteroatoms. The molecule has 3 heterocycles. The van der Waals surface area contributed by atoms with Crippen molar-refractivity contribution in [1.82, 2.24) is 20.4 Å². The number of hydrogen-bond acceptors (Lipinski definition) is 6. The average molecular weight is 326 g/mol. The van der Waals surface area contributed by atoms with Crippen molar-refractivity contribution in [3.63, 3.8) is 0 Å². The van der Waals surface area contributed by atoms with Gasteiger partial charge in [-0.1, -0.05) is 23.4 Å². The quantitative estimate of drug-likeness (QED) is 0.797. The van der Waals surface area contributed by atoms with Crippen LogP contribution in [0.15, 0.2) is 47.1 Å². The Balaban J connectivity index is 1.56. The zero-order chi connectivity index (χ0) is 16.4. The highest BCUT2D eigenvalue weighted by molar-refractivity contribution is 5.64. The molecule has 1 aliphatic heterocycles. The van der Waals surface area contributed by atoms with E-state index in [9.17, 15) is 4.39 Å². The molecule has 0 saturated carbocycles. The lowest BCUT2D eigenvalue weighted by Crippen LogP contribution is -2.34. The topological polar surface area (TPSA) is 73.1 Å². The van der Waals surface area contributed by atoms with Crippen molar-refractivity contribution in [3.8, 4) is 22.6 Å². The molecule has 3 aromatic rings. The van der Waals surface area contributed by atoms with E-state index in [0.29, 0.717) is 30.6 Å². The molecule has 0 radical (unpaired) electrons. The van der Waals surface area contributed by atoms with Crippen LogP contribution < -0.4 is 5.32 Å². The molecule has 122 valence electrons. The first-order valence-electron chi connectivity index (χ1n) is 7.67. The first kappa shape index (κ1) is 14.9. The van der Waals surface area contributed by atoms with Crippen molar-refractivity contribution in [3.05, 3.63) is 54.3 Å². The largest absolute Gasteiger partial charge is 0.378 e. The molecule has 4 rings (SSSR count). The van der Waals surface area contributed by atoms with E-state index in [0.717, 1.165) is 17.7 Å². The summed E-state index contributed by atoms with van der Waals surface area (Å²) in [5.41, 5.74) is 2.19. The van der Waals surface area contributed by atoms with Gasteiger partial charge in [0.15, 0.2) is 0 Å². The molecule has 1 atom stereocenters. The van der Waals surface area contributed by atoms with Crippen LogP contribution in [0.1, 0.15) is 11.9 Å². The minimum Gasteiger partial charge on any atom is -0.378 e. The van der Waals surface area contributed by atoms with Gasteiger partial charge in [-0.3, -0.25) is 4.98 Å². The smallest absolute Gasteiger partial charge is 0.246 e. The van der Waals surface area contributed by atoms with Gasteiger partial charge in [0, 0.05) is 18.3 Å². The Morgan fingerprint density at radius 3 is 2.88 bits per heavy atom. The van der Waals surface area contributed by atoms with Crippen LogP contribution in [0, 0.1) is 5.82 Å². The second-order valence-electron chi connectivity index (χ2n) is 5.48. The van der Waals surface area contributed by atoms with Crippen LogP contribution in [-0.2, 0) is 4.74 Å². The molecule has 0 bridgehead atoms. The normalized spacial score (nSPS) is 17.8. The van der Waals surface area contributed by atoms with Crippen LogP contribution >= 0.6 is 0 Å². The standard InChI is InChI=1S/C17H15FN4O2/c18-13-3-1-2-11(8-13)12-4-5-14(20-9-12)16-21-17(24-22-16)15-10-23-7-6-19-15/h1-5,8-9,15,19H,6-7,10H2. The van der Waals surface area contributed by atoms with Crippen LogP contribution in [0.5, 0.6) is 0 Å². The van der Waals surface area contributed by atoms with Crippen molar-refractivity contribution in [2.45, 2.75) is 6.04 Å². The second kappa shape index (κ2) is 6.46. The Morgan fingerprint density at radius 2 is 2.12 bits per heavy atom. The summed E-state index contributed by atoms with van der Waals surface area (Å²) in [7, 11) is 0. The van der Waals surface area contributed by atoms with Gasteiger partial charge in [-0.25, -0.2) is 4.39 Å². The van der Waals surface area contributed by atoms with E-state index in [1.807, 2.05) is 12.1 Å². The number of ether oxygens (including phenoxy) is 1. The van der Waals surface area contributed by atoms with Gasteiger partial charge in [-0.05, 0) is 23.8 Å². The van der Waals surface area contributed by atoms with E-state index in [-0.39, 0.29) is 11.9 Å².